The van der Waals surface area contributed by atoms with E-state index >= 15 is 0 Å². The van der Waals surface area contributed by atoms with Crippen LogP contribution in [0.15, 0.2) is 46.2 Å². The normalized spacial score (nSPS) is 11.6. The van der Waals surface area contributed by atoms with Crippen molar-refractivity contribution < 1.29 is 25.9 Å². The first kappa shape index (κ1) is 58.5. The number of rotatable bonds is 36. The molecule has 2 rings (SSSR count). The second kappa shape index (κ2) is 38.0. The molecular weight excluding hydrogens is 801 g/mol. The Balaban J connectivity index is 0.00000112. The van der Waals surface area contributed by atoms with Gasteiger partial charge < -0.3 is 9.11 Å². The third kappa shape index (κ3) is 31.1. The molecule has 0 radical (unpaired) electrons. The van der Waals surface area contributed by atoms with Gasteiger partial charge in [-0.3, -0.25) is 0 Å². The fraction of sp³-hybridized carbons (Fsp3) is 0.760. The number of unbranched alkanes of at least 4 members (excludes halogenated alkanes) is 30. The van der Waals surface area contributed by atoms with Gasteiger partial charge in [0.1, 0.15) is 20.2 Å². The van der Waals surface area contributed by atoms with Crippen LogP contribution in [0.4, 0.5) is 0 Å². The molecule has 0 saturated heterocycles. The van der Waals surface area contributed by atoms with Crippen LogP contribution in [-0.2, 0) is 33.1 Å². The van der Waals surface area contributed by atoms with Crippen molar-refractivity contribution in [3.05, 3.63) is 58.7 Å². The summed E-state index contributed by atoms with van der Waals surface area (Å²) in [6.45, 7) is 8.31. The van der Waals surface area contributed by atoms with Gasteiger partial charge in [0.25, 0.3) is 0 Å². The fourth-order valence-electron chi connectivity index (χ4n) is 8.16. The SMILES string of the molecule is CCCCCCCCCCCCCCCCCCc1c(C)cccc1S(=O)(=O)[O-].CCCCCCCCCCCCCCCCCCc1c(C)cccc1S(=O)(=O)[O-].[Ca+2]. The molecule has 0 amide bonds. The van der Waals surface area contributed by atoms with Gasteiger partial charge in [-0.05, 0) is 73.9 Å². The van der Waals surface area contributed by atoms with Crippen LogP contribution in [0.3, 0.4) is 0 Å². The molecule has 0 saturated carbocycles. The van der Waals surface area contributed by atoms with Crippen molar-refractivity contribution >= 4 is 58.0 Å². The third-order valence-corrected chi connectivity index (χ3v) is 13.7. The van der Waals surface area contributed by atoms with E-state index in [2.05, 4.69) is 13.8 Å². The summed E-state index contributed by atoms with van der Waals surface area (Å²) >= 11 is 0. The Labute approximate surface area is 395 Å². The molecule has 0 bridgehead atoms. The summed E-state index contributed by atoms with van der Waals surface area (Å²) in [5.74, 6) is 0. The first-order valence-corrected chi connectivity index (χ1v) is 26.8. The molecule has 0 aliphatic rings. The zero-order valence-corrected chi connectivity index (χ0v) is 42.3. The average molecular weight is 887 g/mol. The Morgan fingerprint density at radius 2 is 0.559 bits per heavy atom. The van der Waals surface area contributed by atoms with Crippen LogP contribution in [0, 0.1) is 13.8 Å². The zero-order valence-electron chi connectivity index (χ0n) is 38.5. The van der Waals surface area contributed by atoms with Gasteiger partial charge in [-0.2, -0.15) is 0 Å². The van der Waals surface area contributed by atoms with Crippen molar-refractivity contribution in [3.63, 3.8) is 0 Å². The minimum atomic E-state index is -4.38. The first-order valence-electron chi connectivity index (χ1n) is 24.0. The van der Waals surface area contributed by atoms with E-state index in [1.165, 1.54) is 192 Å². The summed E-state index contributed by atoms with van der Waals surface area (Å²) in [4.78, 5) is -0.0584. The van der Waals surface area contributed by atoms with Crippen molar-refractivity contribution in [1.82, 2.24) is 0 Å². The molecule has 9 heteroatoms. The molecule has 0 aliphatic heterocycles. The molecule has 2 aromatic carbocycles. The predicted molar refractivity (Wildman–Crippen MR) is 251 cm³/mol. The summed E-state index contributed by atoms with van der Waals surface area (Å²) in [6, 6.07) is 9.95. The van der Waals surface area contributed by atoms with Crippen molar-refractivity contribution in [3.8, 4) is 0 Å². The molecule has 0 spiro atoms. The largest absolute Gasteiger partial charge is 2.00 e. The summed E-state index contributed by atoms with van der Waals surface area (Å²) < 4.78 is 68.5. The van der Waals surface area contributed by atoms with Gasteiger partial charge in [-0.15, -0.1) is 0 Å². The second-order valence-electron chi connectivity index (χ2n) is 17.1. The molecule has 0 fully saturated rings. The molecule has 0 aromatic heterocycles. The standard InChI is InChI=1S/2C25H44O3S.Ca/c2*1-3-4-5-6-7-8-9-10-11-12-13-14-15-16-17-18-21-24-23(2)20-19-22-25(24)29(26,27)28;/h2*19-20,22H,3-18,21H2,1-2H3,(H,26,27,28);/q;;+2/p-2. The third-order valence-electron chi connectivity index (χ3n) is 11.8. The molecule has 59 heavy (non-hydrogen) atoms. The van der Waals surface area contributed by atoms with Crippen molar-refractivity contribution in [2.45, 2.75) is 256 Å². The summed E-state index contributed by atoms with van der Waals surface area (Å²) in [7, 11) is -8.76. The number of aryl methyl sites for hydroxylation is 2. The van der Waals surface area contributed by atoms with Crippen LogP contribution >= 0.6 is 0 Å². The topological polar surface area (TPSA) is 114 Å². The van der Waals surface area contributed by atoms with E-state index in [9.17, 15) is 25.9 Å². The Hall–Kier alpha value is -0.480. The van der Waals surface area contributed by atoms with E-state index in [1.54, 1.807) is 12.1 Å². The van der Waals surface area contributed by atoms with Crippen LogP contribution in [0.1, 0.15) is 242 Å². The number of hydrogen-bond acceptors (Lipinski definition) is 6. The minimum absolute atomic E-state index is 0. The van der Waals surface area contributed by atoms with E-state index in [1.807, 2.05) is 26.0 Å². The molecule has 2 aromatic rings. The Morgan fingerprint density at radius 3 is 0.763 bits per heavy atom. The summed E-state index contributed by atoms with van der Waals surface area (Å²) in [5.41, 5.74) is 3.24. The molecule has 336 valence electrons. The van der Waals surface area contributed by atoms with Crippen molar-refractivity contribution in [2.24, 2.45) is 0 Å². The molecular formula is C50H86CaO6S2. The van der Waals surface area contributed by atoms with E-state index in [0.29, 0.717) is 24.0 Å². The molecule has 0 heterocycles. The van der Waals surface area contributed by atoms with Crippen LogP contribution < -0.4 is 0 Å². The van der Waals surface area contributed by atoms with E-state index in [-0.39, 0.29) is 47.5 Å². The van der Waals surface area contributed by atoms with Crippen LogP contribution in [-0.4, -0.2) is 63.7 Å². The molecule has 6 nitrogen and oxygen atoms in total. The Bertz CT molecular complexity index is 1400. The molecule has 0 aliphatic carbocycles. The summed E-state index contributed by atoms with van der Waals surface area (Å²) in [5, 5.41) is 0. The Morgan fingerprint density at radius 1 is 0.356 bits per heavy atom. The predicted octanol–water partition coefficient (Wildman–Crippen LogP) is 15.0. The van der Waals surface area contributed by atoms with Crippen LogP contribution in [0.5, 0.6) is 0 Å². The van der Waals surface area contributed by atoms with Crippen molar-refractivity contribution in [2.75, 3.05) is 0 Å². The maximum Gasteiger partial charge on any atom is 2.00 e. The first-order chi connectivity index (χ1) is 27.9. The van der Waals surface area contributed by atoms with Gasteiger partial charge in [-0.1, -0.05) is 231 Å². The van der Waals surface area contributed by atoms with Crippen molar-refractivity contribution in [1.29, 1.82) is 0 Å². The molecule has 0 atom stereocenters. The fourth-order valence-corrected chi connectivity index (χ4v) is 9.78. The maximum atomic E-state index is 11.4. The van der Waals surface area contributed by atoms with E-state index in [4.69, 9.17) is 0 Å². The monoisotopic (exact) mass is 887 g/mol. The minimum Gasteiger partial charge on any atom is -0.744 e. The van der Waals surface area contributed by atoms with Crippen LogP contribution in [0.25, 0.3) is 0 Å². The molecule has 0 N–H and O–H groups in total. The smallest absolute Gasteiger partial charge is 0.744 e. The van der Waals surface area contributed by atoms with Gasteiger partial charge in [0.05, 0.1) is 9.79 Å². The van der Waals surface area contributed by atoms with Gasteiger partial charge in [-0.25, -0.2) is 16.8 Å². The van der Waals surface area contributed by atoms with Gasteiger partial charge >= 0.3 is 37.7 Å². The number of benzene rings is 2. The quantitative estimate of drug-likeness (QED) is 0.0382. The van der Waals surface area contributed by atoms with Crippen LogP contribution in [0.2, 0.25) is 0 Å². The number of hydrogen-bond donors (Lipinski definition) is 0. The van der Waals surface area contributed by atoms with Gasteiger partial charge in [0, 0.05) is 0 Å². The summed E-state index contributed by atoms with van der Waals surface area (Å²) in [6.07, 6.45) is 43.6. The Kier molecular flexibility index (Phi) is 37.7. The second-order valence-corrected chi connectivity index (χ2v) is 19.8. The molecule has 0 unspecified atom stereocenters. The average Bonchev–Trinajstić information content (AvgIpc) is 3.18. The van der Waals surface area contributed by atoms with E-state index in [0.717, 1.165) is 36.8 Å². The zero-order chi connectivity index (χ0) is 42.7. The van der Waals surface area contributed by atoms with Gasteiger partial charge in [0.15, 0.2) is 0 Å². The maximum absolute atomic E-state index is 11.4. The van der Waals surface area contributed by atoms with Gasteiger partial charge in [0.2, 0.25) is 0 Å². The van der Waals surface area contributed by atoms with E-state index < -0.39 is 20.2 Å².